The summed E-state index contributed by atoms with van der Waals surface area (Å²) in [4.78, 5) is 0. The Hall–Kier alpha value is -0.820. The quantitative estimate of drug-likeness (QED) is 0.837. The largest absolute Gasteiger partial charge is 0.313 e. The Morgan fingerprint density at radius 3 is 2.42 bits per heavy atom. The lowest BCUT2D eigenvalue weighted by atomic mass is 9.65. The molecule has 0 amide bonds. The standard InChI is InChI=1S/C18H27N/c1-19-18(15-8-3-2-4-9-15)17-12-11-14-7-5-6-10-16(14)13-17/h2-4,8-9,14,16-19H,5-7,10-13H2,1H3. The highest BCUT2D eigenvalue weighted by Gasteiger charge is 2.35. The summed E-state index contributed by atoms with van der Waals surface area (Å²) in [5.41, 5.74) is 1.48. The minimum atomic E-state index is 0.559. The van der Waals surface area contributed by atoms with Gasteiger partial charge >= 0.3 is 0 Å². The highest BCUT2D eigenvalue weighted by atomic mass is 14.9. The van der Waals surface area contributed by atoms with Gasteiger partial charge in [0, 0.05) is 6.04 Å². The van der Waals surface area contributed by atoms with Crippen LogP contribution in [-0.4, -0.2) is 7.05 Å². The second-order valence-electron chi connectivity index (χ2n) is 6.55. The Morgan fingerprint density at radius 2 is 1.68 bits per heavy atom. The molecule has 0 heterocycles. The molecule has 0 spiro atoms. The molecule has 0 saturated heterocycles. The molecule has 4 atom stereocenters. The van der Waals surface area contributed by atoms with E-state index in [1.807, 2.05) is 0 Å². The average Bonchev–Trinajstić information content (AvgIpc) is 2.49. The van der Waals surface area contributed by atoms with Crippen molar-refractivity contribution >= 4 is 0 Å². The summed E-state index contributed by atoms with van der Waals surface area (Å²) in [6.07, 6.45) is 10.3. The number of benzene rings is 1. The number of hydrogen-bond acceptors (Lipinski definition) is 1. The Kier molecular flexibility index (Phi) is 4.22. The van der Waals surface area contributed by atoms with Crippen molar-refractivity contribution in [3.05, 3.63) is 35.9 Å². The van der Waals surface area contributed by atoms with E-state index in [0.29, 0.717) is 6.04 Å². The SMILES string of the molecule is CNC(c1ccccc1)C1CCC2CCCCC2C1. The van der Waals surface area contributed by atoms with Gasteiger partial charge in [0.25, 0.3) is 0 Å². The van der Waals surface area contributed by atoms with Crippen LogP contribution in [0, 0.1) is 17.8 Å². The third-order valence-corrected chi connectivity index (χ3v) is 5.52. The minimum absolute atomic E-state index is 0.559. The van der Waals surface area contributed by atoms with Crippen LogP contribution in [0.3, 0.4) is 0 Å². The Labute approximate surface area is 117 Å². The molecular weight excluding hydrogens is 230 g/mol. The molecule has 1 aromatic rings. The molecule has 1 aromatic carbocycles. The van der Waals surface area contributed by atoms with Gasteiger partial charge in [0.15, 0.2) is 0 Å². The summed E-state index contributed by atoms with van der Waals surface area (Å²) < 4.78 is 0. The van der Waals surface area contributed by atoms with Gasteiger partial charge in [-0.1, -0.05) is 56.0 Å². The zero-order chi connectivity index (χ0) is 13.1. The van der Waals surface area contributed by atoms with Crippen molar-refractivity contribution in [1.82, 2.24) is 5.32 Å². The van der Waals surface area contributed by atoms with E-state index < -0.39 is 0 Å². The van der Waals surface area contributed by atoms with Crippen LogP contribution in [0.5, 0.6) is 0 Å². The number of hydrogen-bond donors (Lipinski definition) is 1. The molecule has 104 valence electrons. The van der Waals surface area contributed by atoms with E-state index in [0.717, 1.165) is 17.8 Å². The van der Waals surface area contributed by atoms with E-state index >= 15 is 0 Å². The predicted molar refractivity (Wildman–Crippen MR) is 81.0 cm³/mol. The molecule has 2 aliphatic rings. The smallest absolute Gasteiger partial charge is 0.0346 e. The van der Waals surface area contributed by atoms with Gasteiger partial charge in [-0.25, -0.2) is 0 Å². The highest BCUT2D eigenvalue weighted by molar-refractivity contribution is 5.20. The van der Waals surface area contributed by atoms with Crippen molar-refractivity contribution in [3.63, 3.8) is 0 Å². The summed E-state index contributed by atoms with van der Waals surface area (Å²) in [6, 6.07) is 11.6. The van der Waals surface area contributed by atoms with Crippen molar-refractivity contribution in [2.45, 2.75) is 51.0 Å². The van der Waals surface area contributed by atoms with Crippen LogP contribution in [-0.2, 0) is 0 Å². The molecule has 0 aliphatic heterocycles. The van der Waals surface area contributed by atoms with Crippen LogP contribution < -0.4 is 5.32 Å². The van der Waals surface area contributed by atoms with E-state index in [-0.39, 0.29) is 0 Å². The molecule has 1 heteroatoms. The van der Waals surface area contributed by atoms with Crippen LogP contribution in [0.2, 0.25) is 0 Å². The molecule has 0 radical (unpaired) electrons. The van der Waals surface area contributed by atoms with Crippen molar-refractivity contribution in [3.8, 4) is 0 Å². The Bertz CT molecular complexity index is 386. The van der Waals surface area contributed by atoms with Crippen molar-refractivity contribution < 1.29 is 0 Å². The van der Waals surface area contributed by atoms with Crippen LogP contribution in [0.1, 0.15) is 56.6 Å². The van der Waals surface area contributed by atoms with E-state index in [4.69, 9.17) is 0 Å². The first kappa shape index (κ1) is 13.2. The van der Waals surface area contributed by atoms with Gasteiger partial charge in [-0.15, -0.1) is 0 Å². The summed E-state index contributed by atoms with van der Waals surface area (Å²) in [5, 5.41) is 3.58. The Morgan fingerprint density at radius 1 is 0.947 bits per heavy atom. The highest BCUT2D eigenvalue weighted by Crippen LogP contribution is 2.45. The maximum absolute atomic E-state index is 3.58. The molecule has 0 aromatic heterocycles. The summed E-state index contributed by atoms with van der Waals surface area (Å²) in [5.74, 6) is 2.91. The number of fused-ring (bicyclic) bond motifs is 1. The summed E-state index contributed by atoms with van der Waals surface area (Å²) in [7, 11) is 2.13. The lowest BCUT2D eigenvalue weighted by Gasteiger charge is -2.42. The topological polar surface area (TPSA) is 12.0 Å². The molecule has 2 aliphatic carbocycles. The van der Waals surface area contributed by atoms with Gasteiger partial charge in [0.05, 0.1) is 0 Å². The van der Waals surface area contributed by atoms with Gasteiger partial charge in [0.1, 0.15) is 0 Å². The van der Waals surface area contributed by atoms with Crippen molar-refractivity contribution in [2.24, 2.45) is 17.8 Å². The molecule has 0 bridgehead atoms. The summed E-state index contributed by atoms with van der Waals surface area (Å²) >= 11 is 0. The van der Waals surface area contributed by atoms with Crippen molar-refractivity contribution in [1.29, 1.82) is 0 Å². The fourth-order valence-electron chi connectivity index (χ4n) is 4.55. The maximum Gasteiger partial charge on any atom is 0.0346 e. The van der Waals surface area contributed by atoms with Gasteiger partial charge in [0.2, 0.25) is 0 Å². The molecule has 19 heavy (non-hydrogen) atoms. The van der Waals surface area contributed by atoms with Crippen LogP contribution in [0.4, 0.5) is 0 Å². The molecule has 2 fully saturated rings. The second-order valence-corrected chi connectivity index (χ2v) is 6.55. The minimum Gasteiger partial charge on any atom is -0.313 e. The maximum atomic E-state index is 3.58. The van der Waals surface area contributed by atoms with E-state index in [1.54, 1.807) is 0 Å². The lowest BCUT2D eigenvalue weighted by Crippen LogP contribution is -2.34. The first-order chi connectivity index (χ1) is 9.38. The molecule has 1 nitrogen and oxygen atoms in total. The molecule has 3 rings (SSSR count). The van der Waals surface area contributed by atoms with Gasteiger partial charge in [-0.05, 0) is 49.6 Å². The molecule has 2 saturated carbocycles. The molecular formula is C18H27N. The first-order valence-corrected chi connectivity index (χ1v) is 8.10. The first-order valence-electron chi connectivity index (χ1n) is 8.10. The van der Waals surface area contributed by atoms with E-state index in [9.17, 15) is 0 Å². The number of rotatable bonds is 3. The summed E-state index contributed by atoms with van der Waals surface area (Å²) in [6.45, 7) is 0. The zero-order valence-electron chi connectivity index (χ0n) is 12.1. The van der Waals surface area contributed by atoms with Gasteiger partial charge in [-0.2, -0.15) is 0 Å². The Balaban J connectivity index is 1.70. The second kappa shape index (κ2) is 6.09. The molecule has 4 unspecified atom stereocenters. The van der Waals surface area contributed by atoms with E-state index in [2.05, 4.69) is 42.7 Å². The van der Waals surface area contributed by atoms with Crippen LogP contribution >= 0.6 is 0 Å². The van der Waals surface area contributed by atoms with Gasteiger partial charge in [-0.3, -0.25) is 0 Å². The number of nitrogens with one attached hydrogen (secondary N) is 1. The fourth-order valence-corrected chi connectivity index (χ4v) is 4.55. The van der Waals surface area contributed by atoms with Crippen LogP contribution in [0.25, 0.3) is 0 Å². The third-order valence-electron chi connectivity index (χ3n) is 5.52. The monoisotopic (exact) mass is 257 g/mol. The average molecular weight is 257 g/mol. The lowest BCUT2D eigenvalue weighted by molar-refractivity contribution is 0.111. The third kappa shape index (κ3) is 2.86. The molecule has 1 N–H and O–H groups in total. The normalized spacial score (nSPS) is 32.6. The predicted octanol–water partition coefficient (Wildman–Crippen LogP) is 4.55. The van der Waals surface area contributed by atoms with Crippen LogP contribution in [0.15, 0.2) is 30.3 Å². The van der Waals surface area contributed by atoms with Gasteiger partial charge < -0.3 is 5.32 Å². The zero-order valence-corrected chi connectivity index (χ0v) is 12.1. The fraction of sp³-hybridized carbons (Fsp3) is 0.667. The van der Waals surface area contributed by atoms with Crippen molar-refractivity contribution in [2.75, 3.05) is 7.05 Å². The van der Waals surface area contributed by atoms with E-state index in [1.165, 1.54) is 50.5 Å².